The first-order chi connectivity index (χ1) is 16.2. The van der Waals surface area contributed by atoms with Crippen LogP contribution in [0.4, 0.5) is 9.18 Å². The van der Waals surface area contributed by atoms with Gasteiger partial charge in [-0.15, -0.1) is 0 Å². The Hall–Kier alpha value is -2.93. The number of carbonyl (C=O) groups excluding carboxylic acids is 2. The van der Waals surface area contributed by atoms with Crippen LogP contribution in [0.2, 0.25) is 0 Å². The first kappa shape index (κ1) is 25.7. The SMILES string of the molecule is CC(C)(C)OC(=O)N[C@@H](CCN1CCC[C@H]1CNC(=O)c1ccccc1)Cc1ccccc1F. The first-order valence-corrected chi connectivity index (χ1v) is 12.0. The molecule has 0 saturated carbocycles. The lowest BCUT2D eigenvalue weighted by molar-refractivity contribution is 0.0497. The van der Waals surface area contributed by atoms with Gasteiger partial charge in [0.2, 0.25) is 0 Å². The fraction of sp³-hybridized carbons (Fsp3) is 0.481. The minimum Gasteiger partial charge on any atom is -0.444 e. The van der Waals surface area contributed by atoms with Gasteiger partial charge in [-0.25, -0.2) is 9.18 Å². The van der Waals surface area contributed by atoms with Crippen molar-refractivity contribution >= 4 is 12.0 Å². The van der Waals surface area contributed by atoms with Gasteiger partial charge in [-0.05, 0) is 76.8 Å². The second kappa shape index (κ2) is 12.0. The average Bonchev–Trinajstić information content (AvgIpc) is 3.24. The Kier molecular flexibility index (Phi) is 9.05. The van der Waals surface area contributed by atoms with Gasteiger partial charge in [-0.1, -0.05) is 36.4 Å². The molecule has 0 bridgehead atoms. The summed E-state index contributed by atoms with van der Waals surface area (Å²) in [6.45, 7) is 7.70. The predicted octanol–water partition coefficient (Wildman–Crippen LogP) is 4.55. The lowest BCUT2D eigenvalue weighted by Crippen LogP contribution is -2.44. The van der Waals surface area contributed by atoms with E-state index in [1.54, 1.807) is 30.3 Å². The molecule has 184 valence electrons. The van der Waals surface area contributed by atoms with Gasteiger partial charge in [0, 0.05) is 30.7 Å². The van der Waals surface area contributed by atoms with E-state index >= 15 is 0 Å². The maximum atomic E-state index is 14.3. The summed E-state index contributed by atoms with van der Waals surface area (Å²) in [5, 5.41) is 5.98. The normalized spacial score (nSPS) is 17.2. The fourth-order valence-electron chi connectivity index (χ4n) is 4.27. The number of hydrogen-bond donors (Lipinski definition) is 2. The van der Waals surface area contributed by atoms with Crippen molar-refractivity contribution in [2.45, 2.75) is 64.1 Å². The Labute approximate surface area is 201 Å². The summed E-state index contributed by atoms with van der Waals surface area (Å²) in [7, 11) is 0. The number of nitrogens with one attached hydrogen (secondary N) is 2. The zero-order chi connectivity index (χ0) is 24.6. The van der Waals surface area contributed by atoms with E-state index in [1.807, 2.05) is 39.0 Å². The molecule has 7 heteroatoms. The summed E-state index contributed by atoms with van der Waals surface area (Å²) < 4.78 is 19.7. The summed E-state index contributed by atoms with van der Waals surface area (Å²) in [6.07, 6.45) is 2.60. The smallest absolute Gasteiger partial charge is 0.407 e. The summed E-state index contributed by atoms with van der Waals surface area (Å²) in [5.41, 5.74) is 0.610. The van der Waals surface area contributed by atoms with E-state index in [-0.39, 0.29) is 23.8 Å². The molecule has 2 amide bonds. The van der Waals surface area contributed by atoms with Gasteiger partial charge in [-0.3, -0.25) is 9.69 Å². The summed E-state index contributed by atoms with van der Waals surface area (Å²) >= 11 is 0. The highest BCUT2D eigenvalue weighted by Crippen LogP contribution is 2.19. The third-order valence-corrected chi connectivity index (χ3v) is 5.94. The molecule has 2 aromatic carbocycles. The van der Waals surface area contributed by atoms with Crippen LogP contribution in [0.3, 0.4) is 0 Å². The average molecular weight is 470 g/mol. The van der Waals surface area contributed by atoms with Gasteiger partial charge in [0.15, 0.2) is 0 Å². The number of benzene rings is 2. The molecule has 34 heavy (non-hydrogen) atoms. The predicted molar refractivity (Wildman–Crippen MR) is 131 cm³/mol. The Bertz CT molecular complexity index is 946. The first-order valence-electron chi connectivity index (χ1n) is 12.0. The highest BCUT2D eigenvalue weighted by molar-refractivity contribution is 5.94. The van der Waals surface area contributed by atoms with E-state index in [0.717, 1.165) is 25.9 Å². The molecule has 1 aliphatic rings. The van der Waals surface area contributed by atoms with Crippen LogP contribution in [0.25, 0.3) is 0 Å². The standard InChI is InChI=1S/C27H36FN3O3/c1-27(2,3)34-26(33)30-22(18-21-12-7-8-14-24(21)28)15-17-31-16-9-13-23(31)19-29-25(32)20-10-5-4-6-11-20/h4-8,10-12,14,22-23H,9,13,15-19H2,1-3H3,(H,29,32)(H,30,33)/t22-,23-/m0/s1. The monoisotopic (exact) mass is 469 g/mol. The molecule has 0 aromatic heterocycles. The molecule has 0 aliphatic carbocycles. The number of alkyl carbamates (subject to hydrolysis) is 1. The molecule has 2 atom stereocenters. The molecular formula is C27H36FN3O3. The van der Waals surface area contributed by atoms with Gasteiger partial charge < -0.3 is 15.4 Å². The largest absolute Gasteiger partial charge is 0.444 e. The third kappa shape index (κ3) is 8.13. The van der Waals surface area contributed by atoms with Crippen LogP contribution >= 0.6 is 0 Å². The number of hydrogen-bond acceptors (Lipinski definition) is 4. The maximum absolute atomic E-state index is 14.3. The zero-order valence-electron chi connectivity index (χ0n) is 20.4. The van der Waals surface area contributed by atoms with Crippen molar-refractivity contribution in [1.82, 2.24) is 15.5 Å². The van der Waals surface area contributed by atoms with Crippen LogP contribution in [-0.4, -0.2) is 54.2 Å². The van der Waals surface area contributed by atoms with Crippen molar-refractivity contribution in [2.24, 2.45) is 0 Å². The van der Waals surface area contributed by atoms with Crippen molar-refractivity contribution in [1.29, 1.82) is 0 Å². The zero-order valence-corrected chi connectivity index (χ0v) is 20.4. The molecule has 0 unspecified atom stereocenters. The highest BCUT2D eigenvalue weighted by atomic mass is 19.1. The number of carbonyl (C=O) groups is 2. The molecule has 0 spiro atoms. The van der Waals surface area contributed by atoms with Crippen LogP contribution in [0.15, 0.2) is 54.6 Å². The van der Waals surface area contributed by atoms with E-state index in [9.17, 15) is 14.0 Å². The Morgan fingerprint density at radius 2 is 1.82 bits per heavy atom. The molecule has 2 N–H and O–H groups in total. The molecule has 2 aromatic rings. The molecule has 3 rings (SSSR count). The van der Waals surface area contributed by atoms with E-state index < -0.39 is 11.7 Å². The Balaban J connectivity index is 1.58. The summed E-state index contributed by atoms with van der Waals surface area (Å²) in [4.78, 5) is 27.2. The number of nitrogens with zero attached hydrogens (tertiary/aromatic N) is 1. The van der Waals surface area contributed by atoms with Crippen molar-refractivity contribution in [2.75, 3.05) is 19.6 Å². The molecule has 1 fully saturated rings. The second-order valence-electron chi connectivity index (χ2n) is 9.84. The Morgan fingerprint density at radius 3 is 2.53 bits per heavy atom. The van der Waals surface area contributed by atoms with Crippen LogP contribution < -0.4 is 10.6 Å². The van der Waals surface area contributed by atoms with E-state index in [2.05, 4.69) is 15.5 Å². The second-order valence-corrected chi connectivity index (χ2v) is 9.84. The van der Waals surface area contributed by atoms with Gasteiger partial charge in [0.1, 0.15) is 11.4 Å². The van der Waals surface area contributed by atoms with Crippen molar-refractivity contribution in [3.05, 3.63) is 71.5 Å². The quantitative estimate of drug-likeness (QED) is 0.566. The van der Waals surface area contributed by atoms with Gasteiger partial charge >= 0.3 is 6.09 Å². The minimum atomic E-state index is -0.608. The minimum absolute atomic E-state index is 0.0727. The van der Waals surface area contributed by atoms with E-state index in [1.165, 1.54) is 6.07 Å². The number of rotatable bonds is 9. The van der Waals surface area contributed by atoms with E-state index in [0.29, 0.717) is 30.5 Å². The van der Waals surface area contributed by atoms with Gasteiger partial charge in [-0.2, -0.15) is 0 Å². The lowest BCUT2D eigenvalue weighted by atomic mass is 10.0. The van der Waals surface area contributed by atoms with Crippen molar-refractivity contribution in [3.63, 3.8) is 0 Å². The topological polar surface area (TPSA) is 70.7 Å². The van der Waals surface area contributed by atoms with Crippen LogP contribution in [-0.2, 0) is 11.2 Å². The molecular weight excluding hydrogens is 433 g/mol. The number of ether oxygens (including phenoxy) is 1. The number of likely N-dealkylation sites (tertiary alicyclic amines) is 1. The number of amides is 2. The highest BCUT2D eigenvalue weighted by Gasteiger charge is 2.27. The van der Waals surface area contributed by atoms with Gasteiger partial charge in [0.25, 0.3) is 5.91 Å². The molecule has 1 saturated heterocycles. The van der Waals surface area contributed by atoms with E-state index in [4.69, 9.17) is 4.74 Å². The summed E-state index contributed by atoms with van der Waals surface area (Å²) in [6, 6.07) is 15.8. The van der Waals surface area contributed by atoms with Crippen LogP contribution in [0.5, 0.6) is 0 Å². The molecule has 1 heterocycles. The van der Waals surface area contributed by atoms with Crippen LogP contribution in [0.1, 0.15) is 56.0 Å². The van der Waals surface area contributed by atoms with Crippen molar-refractivity contribution in [3.8, 4) is 0 Å². The molecule has 0 radical (unpaired) electrons. The number of halogens is 1. The maximum Gasteiger partial charge on any atom is 0.407 e. The fourth-order valence-corrected chi connectivity index (χ4v) is 4.27. The van der Waals surface area contributed by atoms with Gasteiger partial charge in [0.05, 0.1) is 0 Å². The Morgan fingerprint density at radius 1 is 1.12 bits per heavy atom. The van der Waals surface area contributed by atoms with Crippen molar-refractivity contribution < 1.29 is 18.7 Å². The molecule has 6 nitrogen and oxygen atoms in total. The molecule has 1 aliphatic heterocycles. The lowest BCUT2D eigenvalue weighted by Gasteiger charge is -2.28. The van der Waals surface area contributed by atoms with Crippen LogP contribution in [0, 0.1) is 5.82 Å². The third-order valence-electron chi connectivity index (χ3n) is 5.94. The summed E-state index contributed by atoms with van der Waals surface area (Å²) in [5.74, 6) is -0.349.